The second-order valence-corrected chi connectivity index (χ2v) is 12.0. The van der Waals surface area contributed by atoms with Crippen molar-refractivity contribution in [3.05, 3.63) is 29.8 Å². The number of hydrogen-bond donors (Lipinski definition) is 0. The van der Waals surface area contributed by atoms with E-state index >= 15 is 0 Å². The van der Waals surface area contributed by atoms with E-state index < -0.39 is 5.60 Å². The number of carbonyl (C=O) groups excluding carboxylic acids is 1. The summed E-state index contributed by atoms with van der Waals surface area (Å²) in [6.45, 7) is 12.3. The first-order chi connectivity index (χ1) is 16.8. The van der Waals surface area contributed by atoms with Gasteiger partial charge in [0.25, 0.3) is 0 Å². The highest BCUT2D eigenvalue weighted by molar-refractivity contribution is 5.69. The zero-order valence-electron chi connectivity index (χ0n) is 21.7. The molecule has 3 saturated heterocycles. The van der Waals surface area contributed by atoms with Gasteiger partial charge in [-0.3, -0.25) is 0 Å². The molecule has 0 unspecified atom stereocenters. The van der Waals surface area contributed by atoms with Gasteiger partial charge < -0.3 is 28.7 Å². The molecule has 1 aromatic rings. The molecule has 4 fully saturated rings. The average molecular weight is 487 g/mol. The minimum Gasteiger partial charge on any atom is -0.490 e. The van der Waals surface area contributed by atoms with Crippen LogP contribution in [0.1, 0.15) is 64.4 Å². The van der Waals surface area contributed by atoms with Crippen LogP contribution in [0.3, 0.4) is 0 Å². The second kappa shape index (κ2) is 10.3. The number of rotatable bonds is 5. The molecule has 1 spiro atoms. The molecule has 194 valence electrons. The molecule has 1 amide bonds. The fraction of sp³-hybridized carbons (Fsp3) is 0.750. The number of benzene rings is 1. The van der Waals surface area contributed by atoms with Crippen molar-refractivity contribution >= 4 is 6.09 Å². The van der Waals surface area contributed by atoms with Crippen molar-refractivity contribution in [3.8, 4) is 5.75 Å². The molecule has 0 bridgehead atoms. The topological polar surface area (TPSA) is 60.5 Å². The summed E-state index contributed by atoms with van der Waals surface area (Å²) in [7, 11) is 0. The lowest BCUT2D eigenvalue weighted by molar-refractivity contribution is -0.101. The molecule has 3 heterocycles. The summed E-state index contributed by atoms with van der Waals surface area (Å²) < 4.78 is 23.0. The van der Waals surface area contributed by atoms with Crippen molar-refractivity contribution in [3.63, 3.8) is 0 Å². The monoisotopic (exact) mass is 486 g/mol. The van der Waals surface area contributed by atoms with Crippen molar-refractivity contribution in [2.24, 2.45) is 5.41 Å². The number of hydrogen-bond acceptors (Lipinski definition) is 6. The Morgan fingerprint density at radius 3 is 2.60 bits per heavy atom. The Morgan fingerprint density at radius 2 is 1.89 bits per heavy atom. The Morgan fingerprint density at radius 1 is 1.11 bits per heavy atom. The SMILES string of the molecule is CC(C)(C)OC(=O)N1CC2(CC[C@@H](N3CCC(c4ccccc4OC[C@@H]4COCCO4)CC3)C2)C1. The molecule has 0 radical (unpaired) electrons. The van der Waals surface area contributed by atoms with Gasteiger partial charge in [-0.1, -0.05) is 18.2 Å². The normalized spacial score (nSPS) is 27.6. The van der Waals surface area contributed by atoms with Crippen LogP contribution in [0.2, 0.25) is 0 Å². The molecule has 1 saturated carbocycles. The van der Waals surface area contributed by atoms with Gasteiger partial charge in [0.1, 0.15) is 24.1 Å². The summed E-state index contributed by atoms with van der Waals surface area (Å²) in [6, 6.07) is 9.16. The van der Waals surface area contributed by atoms with Gasteiger partial charge in [-0.15, -0.1) is 0 Å². The highest BCUT2D eigenvalue weighted by Crippen LogP contribution is 2.48. The van der Waals surface area contributed by atoms with Gasteiger partial charge in [-0.2, -0.15) is 0 Å². The van der Waals surface area contributed by atoms with Crippen LogP contribution in [0.15, 0.2) is 24.3 Å². The zero-order valence-corrected chi connectivity index (χ0v) is 21.7. The summed E-state index contributed by atoms with van der Waals surface area (Å²) in [5.74, 6) is 1.53. The first kappa shape index (κ1) is 24.8. The summed E-state index contributed by atoms with van der Waals surface area (Å²) in [6.07, 6.45) is 5.87. The standard InChI is InChI=1S/C28H42N2O5/c1-27(2,3)35-26(31)30-19-28(20-30)11-8-22(16-28)29-12-9-21(10-13-29)24-6-4-5-7-25(24)34-18-23-17-32-14-15-33-23/h4-7,21-23H,8-20H2,1-3H3/t22-,23+/m1/s1. The number of carbonyl (C=O) groups is 1. The van der Waals surface area contributed by atoms with E-state index in [9.17, 15) is 4.79 Å². The van der Waals surface area contributed by atoms with Gasteiger partial charge in [0.2, 0.25) is 0 Å². The van der Waals surface area contributed by atoms with Crippen LogP contribution >= 0.6 is 0 Å². The van der Waals surface area contributed by atoms with E-state index in [1.807, 2.05) is 25.7 Å². The number of nitrogens with zero attached hydrogens (tertiary/aromatic N) is 2. The molecule has 0 aromatic heterocycles. The smallest absolute Gasteiger partial charge is 0.410 e. The Bertz CT molecular complexity index is 864. The van der Waals surface area contributed by atoms with Gasteiger partial charge in [-0.25, -0.2) is 4.79 Å². The van der Waals surface area contributed by atoms with Gasteiger partial charge in [0.05, 0.1) is 19.8 Å². The van der Waals surface area contributed by atoms with Crippen LogP contribution in [-0.4, -0.2) is 86.2 Å². The molecule has 7 heteroatoms. The maximum atomic E-state index is 12.4. The number of piperidine rings is 1. The molecule has 35 heavy (non-hydrogen) atoms. The van der Waals surface area contributed by atoms with E-state index in [4.69, 9.17) is 18.9 Å². The van der Waals surface area contributed by atoms with Crippen LogP contribution in [-0.2, 0) is 14.2 Å². The summed E-state index contributed by atoms with van der Waals surface area (Å²) in [5, 5.41) is 0. The molecule has 1 aromatic carbocycles. The second-order valence-electron chi connectivity index (χ2n) is 12.0. The highest BCUT2D eigenvalue weighted by atomic mass is 16.6. The predicted octanol–water partition coefficient (Wildman–Crippen LogP) is 4.45. The number of ether oxygens (including phenoxy) is 4. The lowest BCUT2D eigenvalue weighted by Gasteiger charge is -2.48. The fourth-order valence-corrected chi connectivity index (χ4v) is 6.34. The van der Waals surface area contributed by atoms with E-state index in [1.165, 1.54) is 24.8 Å². The highest BCUT2D eigenvalue weighted by Gasteiger charge is 2.51. The summed E-state index contributed by atoms with van der Waals surface area (Å²) in [4.78, 5) is 17.0. The molecule has 0 N–H and O–H groups in total. The Kier molecular flexibility index (Phi) is 7.29. The van der Waals surface area contributed by atoms with Crippen LogP contribution < -0.4 is 4.74 Å². The molecular formula is C28H42N2O5. The Hall–Kier alpha value is -1.83. The predicted molar refractivity (Wildman–Crippen MR) is 134 cm³/mol. The quantitative estimate of drug-likeness (QED) is 0.613. The third-order valence-corrected chi connectivity index (χ3v) is 8.10. The number of amides is 1. The van der Waals surface area contributed by atoms with Gasteiger partial charge in [-0.05, 0) is 83.5 Å². The number of likely N-dealkylation sites (tertiary alicyclic amines) is 2. The largest absolute Gasteiger partial charge is 0.490 e. The van der Waals surface area contributed by atoms with Gasteiger partial charge in [0, 0.05) is 24.5 Å². The van der Waals surface area contributed by atoms with E-state index in [0.29, 0.717) is 43.8 Å². The van der Waals surface area contributed by atoms with E-state index in [2.05, 4.69) is 29.2 Å². The van der Waals surface area contributed by atoms with Crippen molar-refractivity contribution in [2.75, 3.05) is 52.6 Å². The van der Waals surface area contributed by atoms with Crippen molar-refractivity contribution in [1.29, 1.82) is 0 Å². The molecule has 2 atom stereocenters. The van der Waals surface area contributed by atoms with E-state index in [1.54, 1.807) is 0 Å². The fourth-order valence-electron chi connectivity index (χ4n) is 6.34. The van der Waals surface area contributed by atoms with Crippen LogP contribution in [0, 0.1) is 5.41 Å². The molecule has 7 nitrogen and oxygen atoms in total. The molecule has 4 aliphatic rings. The zero-order chi connectivity index (χ0) is 24.5. The number of para-hydroxylation sites is 1. The van der Waals surface area contributed by atoms with Gasteiger partial charge >= 0.3 is 6.09 Å². The Balaban J connectivity index is 1.09. The molecule has 1 aliphatic carbocycles. The Labute approximate surface area is 210 Å². The first-order valence-electron chi connectivity index (χ1n) is 13.4. The lowest BCUT2D eigenvalue weighted by atomic mass is 9.78. The van der Waals surface area contributed by atoms with Crippen molar-refractivity contribution < 1.29 is 23.7 Å². The average Bonchev–Trinajstić information content (AvgIpc) is 3.28. The molecule has 5 rings (SSSR count). The van der Waals surface area contributed by atoms with E-state index in [0.717, 1.165) is 44.8 Å². The van der Waals surface area contributed by atoms with Crippen LogP contribution in [0.4, 0.5) is 4.79 Å². The summed E-state index contributed by atoms with van der Waals surface area (Å²) in [5.41, 5.74) is 1.22. The van der Waals surface area contributed by atoms with Crippen molar-refractivity contribution in [1.82, 2.24) is 9.80 Å². The lowest BCUT2D eigenvalue weighted by Crippen LogP contribution is -2.58. The van der Waals surface area contributed by atoms with Gasteiger partial charge in [0.15, 0.2) is 0 Å². The minimum absolute atomic E-state index is 0.0195. The van der Waals surface area contributed by atoms with Crippen LogP contribution in [0.5, 0.6) is 5.75 Å². The maximum absolute atomic E-state index is 12.4. The molecule has 3 aliphatic heterocycles. The summed E-state index contributed by atoms with van der Waals surface area (Å²) >= 11 is 0. The third kappa shape index (κ3) is 5.95. The van der Waals surface area contributed by atoms with Crippen molar-refractivity contribution in [2.45, 2.75) is 76.5 Å². The minimum atomic E-state index is -0.426. The van der Waals surface area contributed by atoms with Crippen LogP contribution in [0.25, 0.3) is 0 Å². The van der Waals surface area contributed by atoms with E-state index in [-0.39, 0.29) is 12.2 Å². The molecular weight excluding hydrogens is 444 g/mol. The third-order valence-electron chi connectivity index (χ3n) is 8.10. The maximum Gasteiger partial charge on any atom is 0.410 e. The first-order valence-corrected chi connectivity index (χ1v) is 13.4.